The first-order valence-electron chi connectivity index (χ1n) is 15.6. The molecule has 0 aliphatic rings. The van der Waals surface area contributed by atoms with Gasteiger partial charge in [-0.3, -0.25) is 14.9 Å². The number of nitrogens with zero attached hydrogens (tertiary/aromatic N) is 3. The topological polar surface area (TPSA) is 145 Å². The van der Waals surface area contributed by atoms with Crippen LogP contribution in [0.25, 0.3) is 33.6 Å². The lowest BCUT2D eigenvalue weighted by Crippen LogP contribution is -2.51. The summed E-state index contributed by atoms with van der Waals surface area (Å²) < 4.78 is 4.72. The van der Waals surface area contributed by atoms with Gasteiger partial charge in [0.1, 0.15) is 11.9 Å². The fourth-order valence-corrected chi connectivity index (χ4v) is 5.19. The molecule has 11 nitrogen and oxygen atoms in total. The van der Waals surface area contributed by atoms with Crippen molar-refractivity contribution in [2.45, 2.75) is 39.8 Å². The standard InChI is InChI=1S/C36H39N7O4/c1-5-19-43(34(45)32(23(2)3)41-36(46)47-4)22-31-37-20-29(39-31)26-15-11-24(12-16-26)25-13-17-27(18-14-25)30-21-38-35(40-30)42-33(44)28-9-7-6-8-10-28/h6-18,20-21,23,32H,5,19,22H2,1-4H3,(H,37,39)(H,41,46)(H2,38,40,42,44). The summed E-state index contributed by atoms with van der Waals surface area (Å²) >= 11 is 0. The van der Waals surface area contributed by atoms with Gasteiger partial charge in [-0.1, -0.05) is 87.5 Å². The monoisotopic (exact) mass is 633 g/mol. The Hall–Kier alpha value is -5.71. The number of alkyl carbamates (subject to hydrolysis) is 1. The van der Waals surface area contributed by atoms with Crippen LogP contribution >= 0.6 is 0 Å². The molecule has 47 heavy (non-hydrogen) atoms. The molecule has 0 fully saturated rings. The van der Waals surface area contributed by atoms with E-state index in [-0.39, 0.29) is 17.7 Å². The number of rotatable bonds is 12. The lowest BCUT2D eigenvalue weighted by molar-refractivity contribution is -0.135. The molecule has 2 aromatic heterocycles. The number of benzene rings is 3. The van der Waals surface area contributed by atoms with Gasteiger partial charge in [-0.2, -0.15) is 0 Å². The van der Waals surface area contributed by atoms with E-state index >= 15 is 0 Å². The molecule has 4 N–H and O–H groups in total. The van der Waals surface area contributed by atoms with Crippen molar-refractivity contribution >= 4 is 23.9 Å². The van der Waals surface area contributed by atoms with E-state index in [0.717, 1.165) is 40.1 Å². The smallest absolute Gasteiger partial charge is 0.407 e. The summed E-state index contributed by atoms with van der Waals surface area (Å²) in [5.74, 6) is 0.526. The minimum atomic E-state index is -0.699. The Morgan fingerprint density at radius 2 is 1.38 bits per heavy atom. The van der Waals surface area contributed by atoms with E-state index < -0.39 is 12.1 Å². The number of ether oxygens (including phenoxy) is 1. The molecule has 3 aromatic carbocycles. The van der Waals surface area contributed by atoms with E-state index in [2.05, 4.69) is 42.7 Å². The number of H-pyrrole nitrogens is 2. The summed E-state index contributed by atoms with van der Waals surface area (Å²) in [5.41, 5.74) is 6.21. The molecule has 5 aromatic rings. The van der Waals surface area contributed by atoms with Crippen LogP contribution in [0.1, 0.15) is 43.4 Å². The number of nitrogens with one attached hydrogen (secondary N) is 4. The first-order chi connectivity index (χ1) is 22.7. The molecule has 1 atom stereocenters. The average molecular weight is 634 g/mol. The molecule has 0 radical (unpaired) electrons. The first-order valence-corrected chi connectivity index (χ1v) is 15.6. The molecule has 5 rings (SSSR count). The van der Waals surface area contributed by atoms with Crippen LogP contribution in [0.15, 0.2) is 91.3 Å². The number of aromatic nitrogens is 4. The molecule has 0 aliphatic carbocycles. The minimum Gasteiger partial charge on any atom is -0.453 e. The Bertz CT molecular complexity index is 1800. The van der Waals surface area contributed by atoms with Crippen LogP contribution in [0.5, 0.6) is 0 Å². The highest BCUT2D eigenvalue weighted by molar-refractivity contribution is 6.03. The van der Waals surface area contributed by atoms with Crippen molar-refractivity contribution in [3.05, 3.63) is 103 Å². The van der Waals surface area contributed by atoms with Crippen molar-refractivity contribution in [3.8, 4) is 33.6 Å². The lowest BCUT2D eigenvalue weighted by atomic mass is 10.0. The molecule has 0 bridgehead atoms. The second-order valence-electron chi connectivity index (χ2n) is 11.5. The number of hydrogen-bond donors (Lipinski definition) is 4. The van der Waals surface area contributed by atoms with Gasteiger partial charge < -0.3 is 24.9 Å². The van der Waals surface area contributed by atoms with Crippen molar-refractivity contribution in [1.29, 1.82) is 0 Å². The van der Waals surface area contributed by atoms with Gasteiger partial charge in [0.25, 0.3) is 5.91 Å². The number of methoxy groups -OCH3 is 1. The Morgan fingerprint density at radius 1 is 0.809 bits per heavy atom. The van der Waals surface area contributed by atoms with Gasteiger partial charge in [-0.25, -0.2) is 14.8 Å². The maximum Gasteiger partial charge on any atom is 0.407 e. The molecule has 0 saturated carbocycles. The summed E-state index contributed by atoms with van der Waals surface area (Å²) in [5, 5.41) is 5.46. The van der Waals surface area contributed by atoms with Crippen molar-refractivity contribution in [2.75, 3.05) is 19.0 Å². The SMILES string of the molecule is CCCN(Cc1ncc(-c2ccc(-c3ccc(-c4cnc(NC(=O)c5ccccc5)[nH]4)cc3)cc2)[nH]1)C(=O)C(NC(=O)OC)C(C)C. The summed E-state index contributed by atoms with van der Waals surface area (Å²) in [6, 6.07) is 24.6. The van der Waals surface area contributed by atoms with Crippen molar-refractivity contribution in [3.63, 3.8) is 0 Å². The van der Waals surface area contributed by atoms with Gasteiger partial charge in [-0.05, 0) is 46.7 Å². The minimum absolute atomic E-state index is 0.111. The van der Waals surface area contributed by atoms with Gasteiger partial charge in [0.15, 0.2) is 0 Å². The third kappa shape index (κ3) is 8.12. The molecular formula is C36H39N7O4. The van der Waals surface area contributed by atoms with Crippen LogP contribution in [0.4, 0.5) is 10.7 Å². The Labute approximate surface area is 273 Å². The zero-order chi connectivity index (χ0) is 33.3. The number of hydrogen-bond acceptors (Lipinski definition) is 6. The molecule has 1 unspecified atom stereocenters. The number of imidazole rings is 2. The normalized spacial score (nSPS) is 11.6. The summed E-state index contributed by atoms with van der Waals surface area (Å²) in [7, 11) is 1.28. The molecule has 3 amide bonds. The van der Waals surface area contributed by atoms with E-state index in [1.54, 1.807) is 29.4 Å². The largest absolute Gasteiger partial charge is 0.453 e. The van der Waals surface area contributed by atoms with Gasteiger partial charge in [-0.15, -0.1) is 0 Å². The van der Waals surface area contributed by atoms with Gasteiger partial charge in [0, 0.05) is 12.1 Å². The van der Waals surface area contributed by atoms with E-state index in [1.165, 1.54) is 7.11 Å². The van der Waals surface area contributed by atoms with E-state index in [0.29, 0.717) is 30.4 Å². The van der Waals surface area contributed by atoms with Crippen molar-refractivity contribution in [2.24, 2.45) is 5.92 Å². The second-order valence-corrected chi connectivity index (χ2v) is 11.5. The fraction of sp³-hybridized carbons (Fsp3) is 0.250. The van der Waals surface area contributed by atoms with E-state index in [4.69, 9.17) is 4.74 Å². The average Bonchev–Trinajstić information content (AvgIpc) is 3.77. The van der Waals surface area contributed by atoms with E-state index in [1.807, 2.05) is 75.4 Å². The van der Waals surface area contributed by atoms with Crippen LogP contribution in [0.3, 0.4) is 0 Å². The highest BCUT2D eigenvalue weighted by Crippen LogP contribution is 2.27. The molecule has 0 saturated heterocycles. The predicted octanol–water partition coefficient (Wildman–Crippen LogP) is 6.51. The van der Waals surface area contributed by atoms with Crippen molar-refractivity contribution < 1.29 is 19.1 Å². The first kappa shape index (κ1) is 32.7. The third-order valence-corrected chi connectivity index (χ3v) is 7.73. The van der Waals surface area contributed by atoms with E-state index in [9.17, 15) is 14.4 Å². The number of aromatic amines is 2. The zero-order valence-electron chi connectivity index (χ0n) is 26.9. The lowest BCUT2D eigenvalue weighted by Gasteiger charge is -2.28. The van der Waals surface area contributed by atoms with Crippen LogP contribution < -0.4 is 10.6 Å². The molecule has 0 aliphatic heterocycles. The number of anilines is 1. The maximum absolute atomic E-state index is 13.4. The third-order valence-electron chi connectivity index (χ3n) is 7.73. The fourth-order valence-electron chi connectivity index (χ4n) is 5.19. The van der Waals surface area contributed by atoms with Gasteiger partial charge >= 0.3 is 6.09 Å². The summed E-state index contributed by atoms with van der Waals surface area (Å²) in [6.45, 7) is 6.59. The molecule has 242 valence electrons. The highest BCUT2D eigenvalue weighted by Gasteiger charge is 2.29. The van der Waals surface area contributed by atoms with Gasteiger partial charge in [0.05, 0.1) is 37.4 Å². The molecule has 2 heterocycles. The number of carbonyl (C=O) groups excluding carboxylic acids is 3. The molecule has 0 spiro atoms. The van der Waals surface area contributed by atoms with Crippen LogP contribution in [-0.2, 0) is 16.1 Å². The van der Waals surface area contributed by atoms with Crippen LogP contribution in [0.2, 0.25) is 0 Å². The Kier molecular flexibility index (Phi) is 10.5. The zero-order valence-corrected chi connectivity index (χ0v) is 26.9. The summed E-state index contributed by atoms with van der Waals surface area (Å²) in [4.78, 5) is 54.7. The molecular weight excluding hydrogens is 594 g/mol. The van der Waals surface area contributed by atoms with Gasteiger partial charge in [0.2, 0.25) is 11.9 Å². The predicted molar refractivity (Wildman–Crippen MR) is 181 cm³/mol. The maximum atomic E-state index is 13.4. The van der Waals surface area contributed by atoms with Crippen molar-refractivity contribution in [1.82, 2.24) is 30.2 Å². The molecule has 11 heteroatoms. The Balaban J connectivity index is 1.22. The highest BCUT2D eigenvalue weighted by atomic mass is 16.5. The van der Waals surface area contributed by atoms with Crippen LogP contribution in [0, 0.1) is 5.92 Å². The second kappa shape index (κ2) is 15.0. The Morgan fingerprint density at radius 3 is 1.96 bits per heavy atom. The quantitative estimate of drug-likeness (QED) is 0.123. The number of amides is 3. The van der Waals surface area contributed by atoms with Crippen LogP contribution in [-0.4, -0.2) is 62.4 Å². The summed E-state index contributed by atoms with van der Waals surface area (Å²) in [6.07, 6.45) is 3.59. The number of carbonyl (C=O) groups is 3.